The Hall–Kier alpha value is -1.90. The van der Waals surface area contributed by atoms with Crippen LogP contribution < -0.4 is 0 Å². The molecule has 0 aliphatic carbocycles. The molecule has 3 aromatic rings. The summed E-state index contributed by atoms with van der Waals surface area (Å²) in [6, 6.07) is 8.26. The summed E-state index contributed by atoms with van der Waals surface area (Å²) in [6.45, 7) is 2.47. The van der Waals surface area contributed by atoms with Crippen LogP contribution in [0.3, 0.4) is 0 Å². The Labute approximate surface area is 163 Å². The molecule has 9 heteroatoms. The van der Waals surface area contributed by atoms with Gasteiger partial charge in [-0.15, -0.1) is 21.5 Å². The molecule has 26 heavy (non-hydrogen) atoms. The van der Waals surface area contributed by atoms with Crippen LogP contribution in [0.1, 0.15) is 12.5 Å². The first-order chi connectivity index (χ1) is 12.6. The Bertz CT molecular complexity index is 879. The molecule has 0 fully saturated rings. The Balaban J connectivity index is 1.60. The lowest BCUT2D eigenvalue weighted by molar-refractivity contribution is -0.141. The summed E-state index contributed by atoms with van der Waals surface area (Å²) in [5.74, 6) is -0.146. The monoisotopic (exact) mass is 411 g/mol. The third kappa shape index (κ3) is 4.25. The lowest BCUT2D eigenvalue weighted by Gasteiger charge is -2.08. The smallest absolute Gasteiger partial charge is 0.316 e. The molecule has 0 saturated heterocycles. The van der Waals surface area contributed by atoms with Crippen molar-refractivity contribution < 1.29 is 13.9 Å². The van der Waals surface area contributed by atoms with E-state index in [9.17, 15) is 9.18 Å². The Morgan fingerprint density at radius 2 is 2.19 bits per heavy atom. The van der Waals surface area contributed by atoms with Gasteiger partial charge in [0.05, 0.1) is 15.7 Å². The summed E-state index contributed by atoms with van der Waals surface area (Å²) in [4.78, 5) is 13.0. The van der Waals surface area contributed by atoms with Gasteiger partial charge in [0, 0.05) is 12.1 Å². The summed E-state index contributed by atoms with van der Waals surface area (Å²) >= 11 is 8.73. The third-order valence-corrected chi connectivity index (χ3v) is 5.69. The van der Waals surface area contributed by atoms with Crippen LogP contribution in [0.4, 0.5) is 4.39 Å². The zero-order chi connectivity index (χ0) is 18.5. The second-order valence-electron chi connectivity index (χ2n) is 5.18. The number of halogens is 2. The lowest BCUT2D eigenvalue weighted by Crippen LogP contribution is -2.09. The SMILES string of the molecule is CCn1c(SCC(=O)OCc2c(F)cccc2Cl)nnc1-c1cccs1. The zero-order valence-corrected chi connectivity index (χ0v) is 16.2. The molecule has 0 atom stereocenters. The molecule has 0 unspecified atom stereocenters. The quantitative estimate of drug-likeness (QED) is 0.418. The van der Waals surface area contributed by atoms with Crippen LogP contribution in [0.25, 0.3) is 10.7 Å². The normalized spacial score (nSPS) is 10.9. The first-order valence-electron chi connectivity index (χ1n) is 7.78. The predicted molar refractivity (Wildman–Crippen MR) is 101 cm³/mol. The van der Waals surface area contributed by atoms with Crippen molar-refractivity contribution in [2.75, 3.05) is 5.75 Å². The van der Waals surface area contributed by atoms with Gasteiger partial charge in [-0.2, -0.15) is 0 Å². The van der Waals surface area contributed by atoms with Crippen molar-refractivity contribution in [1.29, 1.82) is 0 Å². The number of carbonyl (C=O) groups excluding carboxylic acids is 1. The average Bonchev–Trinajstić information content (AvgIpc) is 3.28. The molecule has 136 valence electrons. The fourth-order valence-electron chi connectivity index (χ4n) is 2.26. The highest BCUT2D eigenvalue weighted by molar-refractivity contribution is 7.99. The molecule has 0 aliphatic rings. The second-order valence-corrected chi connectivity index (χ2v) is 7.47. The highest BCUT2D eigenvalue weighted by Gasteiger charge is 2.16. The first-order valence-corrected chi connectivity index (χ1v) is 10.0. The maximum atomic E-state index is 13.7. The van der Waals surface area contributed by atoms with Crippen molar-refractivity contribution in [3.63, 3.8) is 0 Å². The number of aromatic nitrogens is 3. The molecule has 1 aromatic carbocycles. The molecule has 3 rings (SSSR count). The minimum atomic E-state index is -0.496. The minimum absolute atomic E-state index is 0.0502. The number of hydrogen-bond donors (Lipinski definition) is 0. The fraction of sp³-hybridized carbons (Fsp3) is 0.235. The van der Waals surface area contributed by atoms with Gasteiger partial charge in [-0.25, -0.2) is 4.39 Å². The zero-order valence-electron chi connectivity index (χ0n) is 13.8. The number of rotatable bonds is 7. The molecule has 0 N–H and O–H groups in total. The van der Waals surface area contributed by atoms with E-state index >= 15 is 0 Å². The molecular formula is C17H15ClFN3O2S2. The molecule has 0 aliphatic heterocycles. The van der Waals surface area contributed by atoms with E-state index in [4.69, 9.17) is 16.3 Å². The molecule has 2 heterocycles. The number of nitrogens with zero attached hydrogens (tertiary/aromatic N) is 3. The van der Waals surface area contributed by atoms with E-state index in [1.807, 2.05) is 29.0 Å². The van der Waals surface area contributed by atoms with Gasteiger partial charge >= 0.3 is 5.97 Å². The van der Waals surface area contributed by atoms with Crippen molar-refractivity contribution in [2.24, 2.45) is 0 Å². The van der Waals surface area contributed by atoms with Gasteiger partial charge in [0.1, 0.15) is 12.4 Å². The van der Waals surface area contributed by atoms with Gasteiger partial charge in [-0.3, -0.25) is 4.79 Å². The van der Waals surface area contributed by atoms with Crippen LogP contribution in [-0.4, -0.2) is 26.5 Å². The van der Waals surface area contributed by atoms with E-state index in [0.29, 0.717) is 11.7 Å². The standard InChI is InChI=1S/C17H15ClFN3O2S2/c1-2-22-16(14-7-4-8-25-14)20-21-17(22)26-10-15(23)24-9-11-12(18)5-3-6-13(11)19/h3-8H,2,9-10H2,1H3. The van der Waals surface area contributed by atoms with Gasteiger partial charge < -0.3 is 9.30 Å². The topological polar surface area (TPSA) is 57.0 Å². The van der Waals surface area contributed by atoms with E-state index in [2.05, 4.69) is 10.2 Å². The Morgan fingerprint density at radius 1 is 1.35 bits per heavy atom. The van der Waals surface area contributed by atoms with Crippen molar-refractivity contribution in [3.05, 3.63) is 52.1 Å². The summed E-state index contributed by atoms with van der Waals surface area (Å²) in [5.41, 5.74) is 0.171. The highest BCUT2D eigenvalue weighted by atomic mass is 35.5. The van der Waals surface area contributed by atoms with Crippen molar-refractivity contribution in [1.82, 2.24) is 14.8 Å². The second kappa shape index (κ2) is 8.66. The highest BCUT2D eigenvalue weighted by Crippen LogP contribution is 2.27. The number of esters is 1. The predicted octanol–water partition coefficient (Wildman–Crippen LogP) is 4.65. The van der Waals surface area contributed by atoms with Gasteiger partial charge in [0.2, 0.25) is 0 Å². The summed E-state index contributed by atoms with van der Waals surface area (Å²) < 4.78 is 20.8. The number of thiophene rings is 1. The largest absolute Gasteiger partial charge is 0.460 e. The van der Waals surface area contributed by atoms with Crippen molar-refractivity contribution in [3.8, 4) is 10.7 Å². The molecule has 0 radical (unpaired) electrons. The van der Waals surface area contributed by atoms with Gasteiger partial charge in [0.25, 0.3) is 0 Å². The number of carbonyl (C=O) groups is 1. The minimum Gasteiger partial charge on any atom is -0.460 e. The van der Waals surface area contributed by atoms with E-state index in [1.54, 1.807) is 17.4 Å². The van der Waals surface area contributed by atoms with Crippen LogP contribution in [-0.2, 0) is 22.7 Å². The summed E-state index contributed by atoms with van der Waals surface area (Å²) in [6.07, 6.45) is 0. The Morgan fingerprint density at radius 3 is 2.88 bits per heavy atom. The molecule has 0 spiro atoms. The molecule has 5 nitrogen and oxygen atoms in total. The maximum absolute atomic E-state index is 13.7. The van der Waals surface area contributed by atoms with Crippen LogP contribution >= 0.6 is 34.7 Å². The lowest BCUT2D eigenvalue weighted by atomic mass is 10.2. The van der Waals surface area contributed by atoms with Crippen LogP contribution in [0.5, 0.6) is 0 Å². The molecular weight excluding hydrogens is 397 g/mol. The van der Waals surface area contributed by atoms with Gasteiger partial charge in [-0.1, -0.05) is 35.5 Å². The van der Waals surface area contributed by atoms with Crippen LogP contribution in [0, 0.1) is 5.82 Å². The molecule has 2 aromatic heterocycles. The van der Waals surface area contributed by atoms with E-state index in [-0.39, 0.29) is 22.9 Å². The average molecular weight is 412 g/mol. The van der Waals surface area contributed by atoms with Crippen molar-refractivity contribution >= 4 is 40.7 Å². The number of ether oxygens (including phenoxy) is 1. The fourth-order valence-corrected chi connectivity index (χ4v) is 3.99. The number of benzene rings is 1. The van der Waals surface area contributed by atoms with E-state index in [0.717, 1.165) is 10.7 Å². The molecule has 0 bridgehead atoms. The van der Waals surface area contributed by atoms with E-state index in [1.165, 1.54) is 23.9 Å². The molecule has 0 amide bonds. The van der Waals surface area contributed by atoms with Gasteiger partial charge in [-0.05, 0) is 30.5 Å². The van der Waals surface area contributed by atoms with Crippen LogP contribution in [0.15, 0.2) is 40.9 Å². The van der Waals surface area contributed by atoms with Crippen molar-refractivity contribution in [2.45, 2.75) is 25.2 Å². The third-order valence-electron chi connectivity index (χ3n) is 3.53. The Kier molecular flexibility index (Phi) is 6.29. The molecule has 0 saturated carbocycles. The number of hydrogen-bond acceptors (Lipinski definition) is 6. The van der Waals surface area contributed by atoms with E-state index < -0.39 is 11.8 Å². The summed E-state index contributed by atoms with van der Waals surface area (Å²) in [5, 5.41) is 11.2. The summed E-state index contributed by atoms with van der Waals surface area (Å²) in [7, 11) is 0. The maximum Gasteiger partial charge on any atom is 0.316 e. The number of thioether (sulfide) groups is 1. The van der Waals surface area contributed by atoms with Gasteiger partial charge in [0.15, 0.2) is 11.0 Å². The first kappa shape index (κ1) is 18.9. The van der Waals surface area contributed by atoms with Crippen LogP contribution in [0.2, 0.25) is 5.02 Å².